The number of hydrogen-bond acceptors (Lipinski definition) is 4. The summed E-state index contributed by atoms with van der Waals surface area (Å²) in [7, 11) is 1.67. The van der Waals surface area contributed by atoms with Gasteiger partial charge in [0, 0.05) is 54.0 Å². The van der Waals surface area contributed by atoms with E-state index >= 15 is 0 Å². The lowest BCUT2D eigenvalue weighted by Crippen LogP contribution is -2.12. The van der Waals surface area contributed by atoms with Crippen LogP contribution < -0.4 is 9.04 Å². The second kappa shape index (κ2) is 4.89. The average Bonchev–Trinajstić information content (AvgIpc) is 2.39. The van der Waals surface area contributed by atoms with Crippen molar-refractivity contribution in [3.8, 4) is 5.88 Å². The zero-order chi connectivity index (χ0) is 9.97. The minimum absolute atomic E-state index is 0.731. The molecule has 0 saturated heterocycles. The number of hydrogen-bond donors (Lipinski definition) is 0. The molecule has 0 amide bonds. The van der Waals surface area contributed by atoms with Crippen molar-refractivity contribution in [3.05, 3.63) is 16.7 Å². The van der Waals surface area contributed by atoms with Crippen molar-refractivity contribution in [2.45, 2.75) is 6.42 Å². The van der Waals surface area contributed by atoms with E-state index in [2.05, 4.69) is 46.4 Å². The number of nitrogens with zero attached hydrogens (tertiary/aromatic N) is 2. The van der Waals surface area contributed by atoms with Crippen LogP contribution in [-0.4, -0.2) is 18.1 Å². The van der Waals surface area contributed by atoms with Crippen molar-refractivity contribution in [1.82, 2.24) is 4.98 Å². The van der Waals surface area contributed by atoms with Crippen LogP contribution in [-0.2, 0) is 0 Å². The highest BCUT2D eigenvalue weighted by molar-refractivity contribution is 14.2. The minimum atomic E-state index is 0.731. The van der Waals surface area contributed by atoms with E-state index in [1.165, 1.54) is 0 Å². The summed E-state index contributed by atoms with van der Waals surface area (Å²) in [5.41, 5.74) is 1.05. The molecule has 0 aliphatic carbocycles. The molecule has 0 atom stereocenters. The Hall–Kier alpha value is 0.310. The second-order valence-electron chi connectivity index (χ2n) is 2.85. The summed E-state index contributed by atoms with van der Waals surface area (Å²) in [5, 5.41) is 0. The quantitative estimate of drug-likeness (QED) is 0.545. The van der Waals surface area contributed by atoms with E-state index < -0.39 is 0 Å². The summed E-state index contributed by atoms with van der Waals surface area (Å²) in [6, 6.07) is 2.04. The maximum absolute atomic E-state index is 5.55. The number of pyridine rings is 1. The van der Waals surface area contributed by atoms with Crippen molar-refractivity contribution >= 4 is 51.9 Å². The van der Waals surface area contributed by atoms with Gasteiger partial charge in [-0.1, -0.05) is 0 Å². The van der Waals surface area contributed by atoms with Crippen LogP contribution in [0.5, 0.6) is 5.88 Å². The summed E-state index contributed by atoms with van der Waals surface area (Å²) in [4.78, 5) is 4.25. The highest BCUT2D eigenvalue weighted by Crippen LogP contribution is 2.37. The molecule has 0 unspecified atom stereocenters. The Morgan fingerprint density at radius 2 is 2.50 bits per heavy atom. The number of rotatable bonds is 1. The van der Waals surface area contributed by atoms with E-state index in [0.717, 1.165) is 35.6 Å². The third kappa shape index (κ3) is 2.27. The third-order valence-corrected chi connectivity index (χ3v) is 4.30. The summed E-state index contributed by atoms with van der Waals surface area (Å²) in [5.74, 6) is 0.731. The molecule has 0 saturated carbocycles. The highest BCUT2D eigenvalue weighted by atomic mass is 127. The Morgan fingerprint density at radius 3 is 3.29 bits per heavy atom. The minimum Gasteiger partial charge on any atom is -0.476 e. The van der Waals surface area contributed by atoms with Crippen LogP contribution in [0.25, 0.3) is 0 Å². The van der Waals surface area contributed by atoms with E-state index in [9.17, 15) is 0 Å². The lowest BCUT2D eigenvalue weighted by molar-refractivity contribution is 0.311. The van der Waals surface area contributed by atoms with Gasteiger partial charge < -0.3 is 9.04 Å². The number of fused-ring (bicyclic) bond motifs is 1. The zero-order valence-electron chi connectivity index (χ0n) is 7.24. The number of anilines is 1. The van der Waals surface area contributed by atoms with Crippen LogP contribution in [0.2, 0.25) is 0 Å². The van der Waals surface area contributed by atoms with Gasteiger partial charge in [0.05, 0.1) is 6.61 Å². The standard InChI is InChI=1S/C8H8BrIN2OS/c9-6-4-7-8(11-5-6)13-3-1-2-12(7)14-10/h4-5H,1-3H2. The Morgan fingerprint density at radius 1 is 1.64 bits per heavy atom. The van der Waals surface area contributed by atoms with E-state index in [1.807, 2.05) is 6.07 Å². The van der Waals surface area contributed by atoms with Crippen molar-refractivity contribution < 1.29 is 4.74 Å². The number of halogens is 2. The second-order valence-corrected chi connectivity index (χ2v) is 5.53. The molecule has 1 aliphatic heterocycles. The van der Waals surface area contributed by atoms with Crippen LogP contribution in [0.3, 0.4) is 0 Å². The van der Waals surface area contributed by atoms with Crippen molar-refractivity contribution in [2.24, 2.45) is 0 Å². The summed E-state index contributed by atoms with van der Waals surface area (Å²) in [6.07, 6.45) is 2.80. The number of ether oxygens (including phenoxy) is 1. The fourth-order valence-electron chi connectivity index (χ4n) is 1.28. The largest absolute Gasteiger partial charge is 0.476 e. The molecule has 0 radical (unpaired) electrons. The van der Waals surface area contributed by atoms with E-state index in [4.69, 9.17) is 4.74 Å². The Labute approximate surface area is 107 Å². The Kier molecular flexibility index (Phi) is 3.78. The SMILES string of the molecule is Brc1cnc2c(c1)N(SI)CCCO2. The zero-order valence-corrected chi connectivity index (χ0v) is 11.8. The molecule has 1 aliphatic rings. The van der Waals surface area contributed by atoms with Crippen molar-refractivity contribution in [1.29, 1.82) is 0 Å². The first kappa shape index (κ1) is 10.8. The molecule has 0 spiro atoms. The van der Waals surface area contributed by atoms with Gasteiger partial charge in [-0.2, -0.15) is 0 Å². The van der Waals surface area contributed by atoms with Gasteiger partial charge >= 0.3 is 0 Å². The average molecular weight is 387 g/mol. The first-order valence-corrected chi connectivity index (χ1v) is 8.27. The van der Waals surface area contributed by atoms with Gasteiger partial charge in [0.2, 0.25) is 5.88 Å². The normalized spacial score (nSPS) is 15.7. The van der Waals surface area contributed by atoms with Gasteiger partial charge in [0.25, 0.3) is 0 Å². The molecule has 3 nitrogen and oxygen atoms in total. The molecule has 1 aromatic heterocycles. The summed E-state index contributed by atoms with van der Waals surface area (Å²) < 4.78 is 8.72. The molecule has 0 fully saturated rings. The lowest BCUT2D eigenvalue weighted by atomic mass is 10.4. The molecule has 0 N–H and O–H groups in total. The van der Waals surface area contributed by atoms with Gasteiger partial charge in [-0.3, -0.25) is 0 Å². The van der Waals surface area contributed by atoms with Crippen LogP contribution in [0.15, 0.2) is 16.7 Å². The Bertz CT molecular complexity index is 339. The van der Waals surface area contributed by atoms with Gasteiger partial charge in [-0.25, -0.2) is 4.98 Å². The van der Waals surface area contributed by atoms with E-state index in [0.29, 0.717) is 0 Å². The fourth-order valence-corrected chi connectivity index (χ4v) is 3.22. The first-order valence-electron chi connectivity index (χ1n) is 4.16. The molecule has 14 heavy (non-hydrogen) atoms. The summed E-state index contributed by atoms with van der Waals surface area (Å²) >= 11 is 5.69. The predicted molar refractivity (Wildman–Crippen MR) is 71.0 cm³/mol. The first-order chi connectivity index (χ1) is 6.81. The monoisotopic (exact) mass is 386 g/mol. The third-order valence-electron chi connectivity index (χ3n) is 1.90. The van der Waals surface area contributed by atoms with Crippen LogP contribution in [0, 0.1) is 0 Å². The maximum Gasteiger partial charge on any atom is 0.238 e. The molecule has 0 bridgehead atoms. The van der Waals surface area contributed by atoms with Gasteiger partial charge in [-0.05, 0) is 22.0 Å². The molecule has 2 rings (SSSR count). The molecule has 76 valence electrons. The smallest absolute Gasteiger partial charge is 0.238 e. The molecular weight excluding hydrogens is 379 g/mol. The lowest BCUT2D eigenvalue weighted by Gasteiger charge is -2.18. The number of aromatic nitrogens is 1. The predicted octanol–water partition coefficient (Wildman–Crippen LogP) is 3.43. The molecule has 0 aromatic carbocycles. The van der Waals surface area contributed by atoms with Crippen LogP contribution >= 0.6 is 46.3 Å². The molecule has 2 heterocycles. The topological polar surface area (TPSA) is 25.4 Å². The van der Waals surface area contributed by atoms with Crippen molar-refractivity contribution in [3.63, 3.8) is 0 Å². The summed E-state index contributed by atoms with van der Waals surface area (Å²) in [6.45, 7) is 1.74. The van der Waals surface area contributed by atoms with Gasteiger partial charge in [0.1, 0.15) is 5.69 Å². The van der Waals surface area contributed by atoms with Crippen molar-refractivity contribution in [2.75, 3.05) is 17.5 Å². The fraction of sp³-hybridized carbons (Fsp3) is 0.375. The Balaban J connectivity index is 2.40. The van der Waals surface area contributed by atoms with Crippen LogP contribution in [0.4, 0.5) is 5.69 Å². The van der Waals surface area contributed by atoms with E-state index in [1.54, 1.807) is 15.3 Å². The van der Waals surface area contributed by atoms with E-state index in [-0.39, 0.29) is 0 Å². The van der Waals surface area contributed by atoms with Crippen LogP contribution in [0.1, 0.15) is 6.42 Å². The maximum atomic E-state index is 5.55. The highest BCUT2D eigenvalue weighted by Gasteiger charge is 2.17. The van der Waals surface area contributed by atoms with Gasteiger partial charge in [0.15, 0.2) is 0 Å². The molecular formula is C8H8BrIN2OS. The molecule has 6 heteroatoms. The van der Waals surface area contributed by atoms with Gasteiger partial charge in [-0.15, -0.1) is 0 Å². The molecule has 1 aromatic rings.